The van der Waals surface area contributed by atoms with Gasteiger partial charge in [-0.05, 0) is 13.8 Å². The van der Waals surface area contributed by atoms with E-state index < -0.39 is 42.7 Å². The summed E-state index contributed by atoms with van der Waals surface area (Å²) in [4.78, 5) is 40.4. The molecule has 0 bridgehead atoms. The lowest BCUT2D eigenvalue weighted by Gasteiger charge is -2.11. The van der Waals surface area contributed by atoms with E-state index in [4.69, 9.17) is 21.1 Å². The van der Waals surface area contributed by atoms with Gasteiger partial charge in [0, 0.05) is 5.57 Å². The number of carboxylic acid groups (broad SMARTS) is 3. The van der Waals surface area contributed by atoms with Crippen LogP contribution < -0.4 is 11.1 Å². The van der Waals surface area contributed by atoms with Crippen LogP contribution in [0.15, 0.2) is 12.2 Å². The van der Waals surface area contributed by atoms with E-state index in [2.05, 4.69) is 11.3 Å². The molecule has 0 spiro atoms. The molecule has 0 aliphatic rings. The molecule has 0 saturated carbocycles. The highest BCUT2D eigenvalue weighted by atomic mass is 16.6. The molecule has 2 atom stereocenters. The Balaban J connectivity index is 0. The third kappa shape index (κ3) is 13.6. The molecule has 0 aromatic rings. The topological polar surface area (TPSA) is 176 Å². The van der Waals surface area contributed by atoms with Crippen LogP contribution in [-0.4, -0.2) is 51.6 Å². The number of amides is 1. The normalized spacial score (nSPS) is 12.0. The van der Waals surface area contributed by atoms with Crippen LogP contribution in [0.3, 0.4) is 0 Å². The zero-order valence-corrected chi connectivity index (χ0v) is 11.5. The van der Waals surface area contributed by atoms with Crippen molar-refractivity contribution < 1.29 is 39.2 Å². The van der Waals surface area contributed by atoms with Crippen LogP contribution in [0.25, 0.3) is 0 Å². The minimum absolute atomic E-state index is 0.231. The fourth-order valence-corrected chi connectivity index (χ4v) is 0.740. The van der Waals surface area contributed by atoms with Crippen LogP contribution >= 0.6 is 0 Å². The zero-order valence-electron chi connectivity index (χ0n) is 11.5. The second-order valence-electron chi connectivity index (χ2n) is 3.82. The molecule has 0 radical (unpaired) electrons. The maximum Gasteiger partial charge on any atom is 0.407 e. The summed E-state index contributed by atoms with van der Waals surface area (Å²) in [7, 11) is 0. The van der Waals surface area contributed by atoms with E-state index >= 15 is 0 Å². The largest absolute Gasteiger partial charge is 0.481 e. The quantitative estimate of drug-likeness (QED) is 0.248. The van der Waals surface area contributed by atoms with Crippen molar-refractivity contribution in [3.05, 3.63) is 12.2 Å². The average molecular weight is 306 g/mol. The van der Waals surface area contributed by atoms with E-state index in [1.807, 2.05) is 5.32 Å². The molecule has 10 heteroatoms. The first kappa shape index (κ1) is 20.7. The smallest absolute Gasteiger partial charge is 0.407 e. The number of carboxylic acids is 2. The zero-order chi connectivity index (χ0) is 17.2. The third-order valence-corrected chi connectivity index (χ3v) is 1.67. The number of nitrogens with one attached hydrogen (secondary N) is 1. The van der Waals surface area contributed by atoms with Gasteiger partial charge in [-0.25, -0.2) is 9.59 Å². The van der Waals surface area contributed by atoms with E-state index in [1.165, 1.54) is 13.8 Å². The number of carbonyl (C=O) groups is 4. The first-order valence-corrected chi connectivity index (χ1v) is 5.53. The van der Waals surface area contributed by atoms with Crippen molar-refractivity contribution in [3.63, 3.8) is 0 Å². The van der Waals surface area contributed by atoms with Crippen LogP contribution in [0, 0.1) is 0 Å². The lowest BCUT2D eigenvalue weighted by molar-refractivity contribution is -0.144. The summed E-state index contributed by atoms with van der Waals surface area (Å²) in [5.74, 6) is -3.11. The van der Waals surface area contributed by atoms with E-state index in [0.29, 0.717) is 0 Å². The van der Waals surface area contributed by atoms with E-state index in [-0.39, 0.29) is 5.57 Å². The van der Waals surface area contributed by atoms with Crippen molar-refractivity contribution in [2.24, 2.45) is 5.73 Å². The van der Waals surface area contributed by atoms with Gasteiger partial charge in [-0.1, -0.05) is 6.58 Å². The lowest BCUT2D eigenvalue weighted by Crippen LogP contribution is -2.35. The predicted octanol–water partition coefficient (Wildman–Crippen LogP) is -0.408. The van der Waals surface area contributed by atoms with Gasteiger partial charge < -0.3 is 25.8 Å². The molecule has 0 saturated heterocycles. The highest BCUT2D eigenvalue weighted by molar-refractivity contribution is 5.87. The van der Waals surface area contributed by atoms with Crippen LogP contribution in [0.5, 0.6) is 0 Å². The van der Waals surface area contributed by atoms with Gasteiger partial charge in [0.05, 0.1) is 6.42 Å². The summed E-state index contributed by atoms with van der Waals surface area (Å²) in [6.07, 6.45) is -2.63. The molecule has 0 heterocycles. The standard InChI is InChI=1S/C7H11NO4.C4H7NO4/c1-4(2)6(9)12-5(3)8-7(10)11;5-2(4(8)9)1-3(6)7/h5,8H,1H2,2-3H3,(H,10,11);2H,1,5H2,(H,6,7)(H,8,9). The SMILES string of the molecule is C=C(C)C(=O)OC(C)NC(=O)O.NC(CC(=O)O)C(=O)O. The molecule has 2 unspecified atom stereocenters. The molecule has 0 aromatic heterocycles. The Kier molecular flexibility index (Phi) is 10.1. The Morgan fingerprint density at radius 3 is 1.95 bits per heavy atom. The summed E-state index contributed by atoms with van der Waals surface area (Å²) >= 11 is 0. The second-order valence-corrected chi connectivity index (χ2v) is 3.82. The lowest BCUT2D eigenvalue weighted by atomic mass is 10.2. The van der Waals surface area contributed by atoms with Gasteiger partial charge >= 0.3 is 24.0 Å². The highest BCUT2D eigenvalue weighted by Crippen LogP contribution is 1.95. The molecular formula is C11H18N2O8. The molecule has 1 amide bonds. The highest BCUT2D eigenvalue weighted by Gasteiger charge is 2.14. The van der Waals surface area contributed by atoms with Crippen molar-refractivity contribution in [1.29, 1.82) is 0 Å². The molecular weight excluding hydrogens is 288 g/mol. The van der Waals surface area contributed by atoms with Crippen LogP contribution in [0.1, 0.15) is 20.3 Å². The molecule has 6 N–H and O–H groups in total. The summed E-state index contributed by atoms with van der Waals surface area (Å²) < 4.78 is 4.59. The number of hydrogen-bond acceptors (Lipinski definition) is 6. The Labute approximate surface area is 120 Å². The minimum atomic E-state index is -1.29. The fourth-order valence-electron chi connectivity index (χ4n) is 0.740. The van der Waals surface area contributed by atoms with Gasteiger partial charge in [0.25, 0.3) is 0 Å². The van der Waals surface area contributed by atoms with E-state index in [9.17, 15) is 19.2 Å². The number of rotatable bonds is 6. The van der Waals surface area contributed by atoms with Crippen molar-refractivity contribution in [2.75, 3.05) is 0 Å². The van der Waals surface area contributed by atoms with Gasteiger partial charge in [-0.3, -0.25) is 14.9 Å². The molecule has 120 valence electrons. The van der Waals surface area contributed by atoms with Crippen molar-refractivity contribution in [2.45, 2.75) is 32.5 Å². The van der Waals surface area contributed by atoms with Gasteiger partial charge in [0.2, 0.25) is 0 Å². The molecule has 0 aliphatic carbocycles. The summed E-state index contributed by atoms with van der Waals surface area (Å²) in [6, 6.07) is -1.29. The molecule has 10 nitrogen and oxygen atoms in total. The van der Waals surface area contributed by atoms with Crippen LogP contribution in [0.4, 0.5) is 4.79 Å². The van der Waals surface area contributed by atoms with Crippen LogP contribution in [0.2, 0.25) is 0 Å². The summed E-state index contributed by atoms with van der Waals surface area (Å²) in [5.41, 5.74) is 5.07. The first-order valence-electron chi connectivity index (χ1n) is 5.53. The minimum Gasteiger partial charge on any atom is -0.481 e. The van der Waals surface area contributed by atoms with E-state index in [0.717, 1.165) is 0 Å². The fraction of sp³-hybridized carbons (Fsp3) is 0.455. The first-order chi connectivity index (χ1) is 9.47. The molecule has 21 heavy (non-hydrogen) atoms. The number of carbonyl (C=O) groups excluding carboxylic acids is 1. The Morgan fingerprint density at radius 1 is 1.24 bits per heavy atom. The number of ether oxygens (including phenoxy) is 1. The van der Waals surface area contributed by atoms with Gasteiger partial charge in [0.15, 0.2) is 6.23 Å². The molecule has 0 rings (SSSR count). The van der Waals surface area contributed by atoms with Gasteiger partial charge in [0.1, 0.15) is 6.04 Å². The molecule has 0 aromatic carbocycles. The Bertz CT molecular complexity index is 420. The number of esters is 1. The van der Waals surface area contributed by atoms with Crippen molar-refractivity contribution in [3.8, 4) is 0 Å². The third-order valence-electron chi connectivity index (χ3n) is 1.67. The summed E-state index contributed by atoms with van der Waals surface area (Å²) in [5, 5.41) is 26.2. The van der Waals surface area contributed by atoms with Gasteiger partial charge in [-0.15, -0.1) is 0 Å². The second kappa shape index (κ2) is 10.2. The van der Waals surface area contributed by atoms with Gasteiger partial charge in [-0.2, -0.15) is 0 Å². The van der Waals surface area contributed by atoms with Crippen molar-refractivity contribution >= 4 is 24.0 Å². The molecule has 0 fully saturated rings. The van der Waals surface area contributed by atoms with Crippen molar-refractivity contribution in [1.82, 2.24) is 5.32 Å². The average Bonchev–Trinajstić information content (AvgIpc) is 2.27. The van der Waals surface area contributed by atoms with Crippen LogP contribution in [-0.2, 0) is 19.1 Å². The van der Waals surface area contributed by atoms with E-state index in [1.54, 1.807) is 0 Å². The maximum absolute atomic E-state index is 10.8. The number of aliphatic carboxylic acids is 2. The predicted molar refractivity (Wildman–Crippen MR) is 69.4 cm³/mol. The molecule has 0 aliphatic heterocycles. The summed E-state index contributed by atoms with van der Waals surface area (Å²) in [6.45, 7) is 6.23. The number of nitrogens with two attached hydrogens (primary N) is 1. The number of hydrogen-bond donors (Lipinski definition) is 5. The Hall–Kier alpha value is -2.62. The Morgan fingerprint density at radius 2 is 1.71 bits per heavy atom. The monoisotopic (exact) mass is 306 g/mol. The maximum atomic E-state index is 10.8.